The summed E-state index contributed by atoms with van der Waals surface area (Å²) in [7, 11) is -3.24. The zero-order chi connectivity index (χ0) is 11.3. The summed E-state index contributed by atoms with van der Waals surface area (Å²) in [5.74, 6) is 0.00861. The van der Waals surface area contributed by atoms with E-state index in [0.29, 0.717) is 6.54 Å². The van der Waals surface area contributed by atoms with Crippen molar-refractivity contribution >= 4 is 10.0 Å². The molecule has 1 rings (SSSR count). The van der Waals surface area contributed by atoms with Gasteiger partial charge in [-0.25, -0.2) is 13.1 Å². The van der Waals surface area contributed by atoms with Crippen molar-refractivity contribution in [3.63, 3.8) is 0 Å². The Hall–Kier alpha value is -0.910. The first-order chi connectivity index (χ1) is 7.03. The Bertz CT molecular complexity index is 415. The van der Waals surface area contributed by atoms with Crippen LogP contribution in [0.3, 0.4) is 0 Å². The molecule has 0 saturated carbocycles. The number of nitrogens with one attached hydrogen (secondary N) is 1. The number of sulfonamides is 1. The lowest BCUT2D eigenvalue weighted by atomic mass is 10.2. The molecule has 1 aromatic carbocycles. The van der Waals surface area contributed by atoms with Gasteiger partial charge in [0.15, 0.2) is 0 Å². The average molecular weight is 228 g/mol. The number of rotatable bonds is 5. The number of nitrogens with two attached hydrogens (primary N) is 1. The Kier molecular flexibility index (Phi) is 4.26. The van der Waals surface area contributed by atoms with E-state index < -0.39 is 10.0 Å². The number of benzene rings is 1. The van der Waals surface area contributed by atoms with Gasteiger partial charge in [-0.3, -0.25) is 0 Å². The summed E-state index contributed by atoms with van der Waals surface area (Å²) in [6.07, 6.45) is 0. The molecule has 4 nitrogen and oxygen atoms in total. The van der Waals surface area contributed by atoms with Gasteiger partial charge in [0, 0.05) is 13.1 Å². The van der Waals surface area contributed by atoms with Gasteiger partial charge < -0.3 is 5.73 Å². The third kappa shape index (κ3) is 4.42. The predicted molar refractivity (Wildman–Crippen MR) is 60.9 cm³/mol. The fraction of sp³-hybridized carbons (Fsp3) is 0.400. The largest absolute Gasteiger partial charge is 0.329 e. The van der Waals surface area contributed by atoms with Crippen molar-refractivity contribution in [2.75, 3.05) is 13.1 Å². The highest BCUT2D eigenvalue weighted by Crippen LogP contribution is 2.07. The normalized spacial score (nSPS) is 11.6. The van der Waals surface area contributed by atoms with Gasteiger partial charge in [-0.2, -0.15) is 0 Å². The van der Waals surface area contributed by atoms with Crippen LogP contribution in [0.15, 0.2) is 24.3 Å². The van der Waals surface area contributed by atoms with Crippen LogP contribution in [0.25, 0.3) is 0 Å². The smallest absolute Gasteiger partial charge is 0.215 e. The van der Waals surface area contributed by atoms with Crippen LogP contribution in [0.1, 0.15) is 11.1 Å². The maximum absolute atomic E-state index is 11.5. The van der Waals surface area contributed by atoms with E-state index in [1.165, 1.54) is 0 Å². The first-order valence-corrected chi connectivity index (χ1v) is 6.42. The minimum atomic E-state index is -3.24. The molecular formula is C10H16N2O2S. The molecule has 84 valence electrons. The second-order valence-corrected chi connectivity index (χ2v) is 5.24. The first-order valence-electron chi connectivity index (χ1n) is 4.76. The summed E-state index contributed by atoms with van der Waals surface area (Å²) in [5.41, 5.74) is 7.07. The van der Waals surface area contributed by atoms with E-state index in [4.69, 9.17) is 5.73 Å². The van der Waals surface area contributed by atoms with Gasteiger partial charge in [0.25, 0.3) is 0 Å². The first kappa shape index (κ1) is 12.2. The highest BCUT2D eigenvalue weighted by atomic mass is 32.2. The van der Waals surface area contributed by atoms with Crippen molar-refractivity contribution in [3.8, 4) is 0 Å². The standard InChI is InChI=1S/C10H16N2O2S/c1-9-3-2-4-10(7-9)8-15(13,14)12-6-5-11/h2-4,7,12H,5-6,8,11H2,1H3. The molecule has 15 heavy (non-hydrogen) atoms. The van der Waals surface area contributed by atoms with Gasteiger partial charge in [-0.15, -0.1) is 0 Å². The SMILES string of the molecule is Cc1cccc(CS(=O)(=O)NCCN)c1. The van der Waals surface area contributed by atoms with E-state index in [2.05, 4.69) is 4.72 Å². The Morgan fingerprint density at radius 3 is 2.73 bits per heavy atom. The molecule has 0 saturated heterocycles. The van der Waals surface area contributed by atoms with Gasteiger partial charge in [0.1, 0.15) is 0 Å². The molecular weight excluding hydrogens is 212 g/mol. The van der Waals surface area contributed by atoms with Gasteiger partial charge in [0.2, 0.25) is 10.0 Å². The molecule has 0 radical (unpaired) electrons. The van der Waals surface area contributed by atoms with Crippen LogP contribution in [0.4, 0.5) is 0 Å². The van der Waals surface area contributed by atoms with E-state index in [1.807, 2.05) is 25.1 Å². The summed E-state index contributed by atoms with van der Waals surface area (Å²) >= 11 is 0. The molecule has 0 spiro atoms. The van der Waals surface area contributed by atoms with Gasteiger partial charge in [0.05, 0.1) is 5.75 Å². The lowest BCUT2D eigenvalue weighted by molar-refractivity contribution is 0.581. The van der Waals surface area contributed by atoms with Gasteiger partial charge in [-0.05, 0) is 12.5 Å². The van der Waals surface area contributed by atoms with Crippen LogP contribution in [0, 0.1) is 6.92 Å². The Balaban J connectivity index is 2.69. The zero-order valence-corrected chi connectivity index (χ0v) is 9.55. The maximum Gasteiger partial charge on any atom is 0.215 e. The minimum Gasteiger partial charge on any atom is -0.329 e. The number of aryl methyl sites for hydroxylation is 1. The fourth-order valence-electron chi connectivity index (χ4n) is 1.29. The molecule has 0 aliphatic carbocycles. The van der Waals surface area contributed by atoms with Crippen LogP contribution < -0.4 is 10.5 Å². The zero-order valence-electron chi connectivity index (χ0n) is 8.73. The average Bonchev–Trinajstić information content (AvgIpc) is 2.14. The minimum absolute atomic E-state index is 0.00861. The molecule has 0 aliphatic rings. The molecule has 0 atom stereocenters. The quantitative estimate of drug-likeness (QED) is 0.765. The van der Waals surface area contributed by atoms with Crippen LogP contribution in [-0.2, 0) is 15.8 Å². The molecule has 0 bridgehead atoms. The summed E-state index contributed by atoms with van der Waals surface area (Å²) < 4.78 is 25.4. The van der Waals surface area contributed by atoms with Gasteiger partial charge in [-0.1, -0.05) is 29.8 Å². The Morgan fingerprint density at radius 2 is 2.13 bits per heavy atom. The Morgan fingerprint density at radius 1 is 1.40 bits per heavy atom. The van der Waals surface area contributed by atoms with E-state index in [1.54, 1.807) is 6.07 Å². The van der Waals surface area contributed by atoms with Crippen molar-refractivity contribution in [2.45, 2.75) is 12.7 Å². The van der Waals surface area contributed by atoms with Crippen LogP contribution >= 0.6 is 0 Å². The third-order valence-electron chi connectivity index (χ3n) is 1.91. The van der Waals surface area contributed by atoms with Crippen LogP contribution in [0.5, 0.6) is 0 Å². The predicted octanol–water partition coefficient (Wildman–Crippen LogP) is 0.373. The summed E-state index contributed by atoms with van der Waals surface area (Å²) in [4.78, 5) is 0. The molecule has 0 aliphatic heterocycles. The molecule has 0 aromatic heterocycles. The molecule has 0 unspecified atom stereocenters. The van der Waals surface area contributed by atoms with Crippen molar-refractivity contribution in [1.29, 1.82) is 0 Å². The summed E-state index contributed by atoms with van der Waals surface area (Å²) in [6.45, 7) is 2.53. The molecule has 0 heterocycles. The van der Waals surface area contributed by atoms with Crippen molar-refractivity contribution in [1.82, 2.24) is 4.72 Å². The van der Waals surface area contributed by atoms with Crippen molar-refractivity contribution in [3.05, 3.63) is 35.4 Å². The maximum atomic E-state index is 11.5. The third-order valence-corrected chi connectivity index (χ3v) is 3.26. The molecule has 3 N–H and O–H groups in total. The monoisotopic (exact) mass is 228 g/mol. The van der Waals surface area contributed by atoms with Crippen LogP contribution in [0.2, 0.25) is 0 Å². The molecule has 1 aromatic rings. The second kappa shape index (κ2) is 5.25. The van der Waals surface area contributed by atoms with Crippen molar-refractivity contribution in [2.24, 2.45) is 5.73 Å². The highest BCUT2D eigenvalue weighted by Gasteiger charge is 2.09. The lowest BCUT2D eigenvalue weighted by Gasteiger charge is -2.05. The number of hydrogen-bond acceptors (Lipinski definition) is 3. The summed E-state index contributed by atoms with van der Waals surface area (Å²) in [6, 6.07) is 7.45. The number of hydrogen-bond donors (Lipinski definition) is 2. The van der Waals surface area contributed by atoms with Gasteiger partial charge >= 0.3 is 0 Å². The fourth-order valence-corrected chi connectivity index (χ4v) is 2.44. The molecule has 0 fully saturated rings. The topological polar surface area (TPSA) is 72.2 Å². The van der Waals surface area contributed by atoms with Crippen molar-refractivity contribution < 1.29 is 8.42 Å². The molecule has 0 amide bonds. The van der Waals surface area contributed by atoms with E-state index >= 15 is 0 Å². The lowest BCUT2D eigenvalue weighted by Crippen LogP contribution is -2.30. The van der Waals surface area contributed by atoms with Crippen LogP contribution in [-0.4, -0.2) is 21.5 Å². The second-order valence-electron chi connectivity index (χ2n) is 3.43. The summed E-state index contributed by atoms with van der Waals surface area (Å²) in [5, 5.41) is 0. The van der Waals surface area contributed by atoms with E-state index in [9.17, 15) is 8.42 Å². The Labute approximate surface area is 90.5 Å². The highest BCUT2D eigenvalue weighted by molar-refractivity contribution is 7.88. The van der Waals surface area contributed by atoms with E-state index in [-0.39, 0.29) is 12.3 Å². The molecule has 5 heteroatoms. The van der Waals surface area contributed by atoms with E-state index in [0.717, 1.165) is 11.1 Å².